The molecule has 0 bridgehead atoms. The van der Waals surface area contributed by atoms with Gasteiger partial charge in [-0.05, 0) is 17.9 Å². The summed E-state index contributed by atoms with van der Waals surface area (Å²) in [5, 5.41) is 6.35. The third-order valence-corrected chi connectivity index (χ3v) is 4.52. The van der Waals surface area contributed by atoms with E-state index < -0.39 is 0 Å². The highest BCUT2D eigenvalue weighted by atomic mass is 32.1. The van der Waals surface area contributed by atoms with Crippen LogP contribution in [0.25, 0.3) is 10.7 Å². The zero-order valence-electron chi connectivity index (χ0n) is 12.2. The number of hydrogen-bond donors (Lipinski definition) is 1. The van der Waals surface area contributed by atoms with E-state index in [1.807, 2.05) is 42.6 Å². The molecule has 2 unspecified atom stereocenters. The second kappa shape index (κ2) is 5.83. The lowest BCUT2D eigenvalue weighted by molar-refractivity contribution is 0.462. The van der Waals surface area contributed by atoms with E-state index in [0.717, 1.165) is 22.7 Å². The lowest BCUT2D eigenvalue weighted by Crippen LogP contribution is -2.32. The van der Waals surface area contributed by atoms with Gasteiger partial charge >= 0.3 is 0 Å². The molecule has 0 aromatic carbocycles. The number of imidazole rings is 1. The van der Waals surface area contributed by atoms with E-state index in [9.17, 15) is 0 Å². The Balaban J connectivity index is 2.08. The molecule has 0 fully saturated rings. The average Bonchev–Trinajstić information content (AvgIpc) is 3.19. The van der Waals surface area contributed by atoms with Gasteiger partial charge in [0, 0.05) is 37.2 Å². The van der Waals surface area contributed by atoms with Crippen LogP contribution in [0.1, 0.15) is 24.9 Å². The minimum Gasteiger partial charge on any atom is -0.326 e. The number of aromatic nitrogens is 4. The van der Waals surface area contributed by atoms with Crippen LogP contribution in [0.15, 0.2) is 42.3 Å². The maximum atomic E-state index is 6.39. The van der Waals surface area contributed by atoms with Gasteiger partial charge in [-0.15, -0.1) is 11.3 Å². The molecule has 3 aromatic rings. The highest BCUT2D eigenvalue weighted by Gasteiger charge is 2.24. The summed E-state index contributed by atoms with van der Waals surface area (Å²) < 4.78 is 3.98. The Morgan fingerprint density at radius 2 is 2.29 bits per heavy atom. The van der Waals surface area contributed by atoms with Crippen molar-refractivity contribution in [2.45, 2.75) is 25.4 Å². The van der Waals surface area contributed by atoms with Crippen LogP contribution in [0.4, 0.5) is 0 Å². The normalized spacial score (nSPS) is 14.2. The summed E-state index contributed by atoms with van der Waals surface area (Å²) in [6, 6.07) is 4.18. The van der Waals surface area contributed by atoms with Gasteiger partial charge in [-0.3, -0.25) is 4.68 Å². The van der Waals surface area contributed by atoms with Gasteiger partial charge in [-0.2, -0.15) is 5.10 Å². The number of nitrogens with two attached hydrogens (primary N) is 1. The molecule has 2 N–H and O–H groups in total. The van der Waals surface area contributed by atoms with Crippen molar-refractivity contribution in [3.8, 4) is 10.7 Å². The van der Waals surface area contributed by atoms with Crippen molar-refractivity contribution in [3.05, 3.63) is 47.9 Å². The molecule has 110 valence electrons. The van der Waals surface area contributed by atoms with Gasteiger partial charge in [0.05, 0.1) is 17.1 Å². The van der Waals surface area contributed by atoms with E-state index in [1.54, 1.807) is 11.3 Å². The summed E-state index contributed by atoms with van der Waals surface area (Å²) in [4.78, 5) is 5.67. The van der Waals surface area contributed by atoms with Gasteiger partial charge in [0.25, 0.3) is 0 Å². The molecule has 3 aromatic heterocycles. The van der Waals surface area contributed by atoms with Crippen molar-refractivity contribution in [1.82, 2.24) is 19.3 Å². The predicted molar refractivity (Wildman–Crippen MR) is 85.2 cm³/mol. The van der Waals surface area contributed by atoms with E-state index >= 15 is 0 Å². The molecule has 0 saturated heterocycles. The average molecular weight is 301 g/mol. The highest BCUT2D eigenvalue weighted by molar-refractivity contribution is 7.13. The van der Waals surface area contributed by atoms with Gasteiger partial charge in [-0.1, -0.05) is 13.0 Å². The van der Waals surface area contributed by atoms with Crippen molar-refractivity contribution in [2.75, 3.05) is 0 Å². The van der Waals surface area contributed by atoms with Gasteiger partial charge in [0.2, 0.25) is 0 Å². The van der Waals surface area contributed by atoms with Crippen molar-refractivity contribution in [3.63, 3.8) is 0 Å². The van der Waals surface area contributed by atoms with Crippen molar-refractivity contribution >= 4 is 11.3 Å². The maximum Gasteiger partial charge on any atom is 0.150 e. The fourth-order valence-electron chi connectivity index (χ4n) is 2.56. The van der Waals surface area contributed by atoms with E-state index in [-0.39, 0.29) is 12.1 Å². The zero-order valence-corrected chi connectivity index (χ0v) is 13.0. The number of hydrogen-bond acceptors (Lipinski definition) is 4. The first-order chi connectivity index (χ1) is 10.2. The Hall–Kier alpha value is -1.92. The van der Waals surface area contributed by atoms with Gasteiger partial charge in [0.15, 0.2) is 5.82 Å². The Bertz CT molecular complexity index is 697. The van der Waals surface area contributed by atoms with Crippen molar-refractivity contribution in [2.24, 2.45) is 12.8 Å². The number of rotatable bonds is 5. The maximum absolute atomic E-state index is 6.39. The minimum absolute atomic E-state index is 0.0158. The smallest absolute Gasteiger partial charge is 0.150 e. The SMILES string of the molecule is CCC(N)C(c1cnn(C)c1)n1ccnc1-c1cccs1. The van der Waals surface area contributed by atoms with Crippen LogP contribution in [0, 0.1) is 0 Å². The van der Waals surface area contributed by atoms with Crippen molar-refractivity contribution in [1.29, 1.82) is 0 Å². The molecule has 3 rings (SSSR count). The minimum atomic E-state index is 0.0158. The second-order valence-corrected chi connectivity index (χ2v) is 6.05. The quantitative estimate of drug-likeness (QED) is 0.788. The van der Waals surface area contributed by atoms with E-state index in [0.29, 0.717) is 0 Å². The van der Waals surface area contributed by atoms with Gasteiger partial charge in [-0.25, -0.2) is 4.98 Å². The van der Waals surface area contributed by atoms with Crippen molar-refractivity contribution < 1.29 is 0 Å². The fraction of sp³-hybridized carbons (Fsp3) is 0.333. The molecular weight excluding hydrogens is 282 g/mol. The molecule has 0 aliphatic rings. The van der Waals surface area contributed by atoms with Crippen LogP contribution in [0.3, 0.4) is 0 Å². The topological polar surface area (TPSA) is 61.7 Å². The first kappa shape index (κ1) is 14.0. The number of nitrogens with zero attached hydrogens (tertiary/aromatic N) is 4. The third kappa shape index (κ3) is 2.64. The molecule has 5 nitrogen and oxygen atoms in total. The summed E-state index contributed by atoms with van der Waals surface area (Å²) >= 11 is 1.69. The lowest BCUT2D eigenvalue weighted by atomic mass is 10.0. The monoisotopic (exact) mass is 301 g/mol. The number of thiophene rings is 1. The van der Waals surface area contributed by atoms with Crippen LogP contribution in [-0.4, -0.2) is 25.4 Å². The molecule has 3 heterocycles. The molecular formula is C15H19N5S. The molecule has 0 amide bonds. The first-order valence-electron chi connectivity index (χ1n) is 7.01. The summed E-state index contributed by atoms with van der Waals surface area (Å²) in [5.74, 6) is 0.961. The summed E-state index contributed by atoms with van der Waals surface area (Å²) in [6.45, 7) is 2.11. The first-order valence-corrected chi connectivity index (χ1v) is 7.89. The Morgan fingerprint density at radius 3 is 2.90 bits per heavy atom. The van der Waals surface area contributed by atoms with E-state index in [2.05, 4.69) is 33.0 Å². The third-order valence-electron chi connectivity index (χ3n) is 3.65. The largest absolute Gasteiger partial charge is 0.326 e. The Kier molecular flexibility index (Phi) is 3.90. The predicted octanol–water partition coefficient (Wildman–Crippen LogP) is 2.67. The summed E-state index contributed by atoms with van der Waals surface area (Å²) in [6.07, 6.45) is 8.64. The Morgan fingerprint density at radius 1 is 1.43 bits per heavy atom. The van der Waals surface area contributed by atoms with Gasteiger partial charge < -0.3 is 10.3 Å². The van der Waals surface area contributed by atoms with Crippen LogP contribution in [0.5, 0.6) is 0 Å². The standard InChI is InChI=1S/C15H19N5S/c1-3-12(16)14(11-9-18-19(2)10-11)20-7-6-17-15(20)13-5-4-8-21-13/h4-10,12,14H,3,16H2,1-2H3. The molecule has 0 aliphatic heterocycles. The van der Waals surface area contributed by atoms with E-state index in [4.69, 9.17) is 5.73 Å². The lowest BCUT2D eigenvalue weighted by Gasteiger charge is -2.25. The van der Waals surface area contributed by atoms with Crippen LogP contribution in [0.2, 0.25) is 0 Å². The van der Waals surface area contributed by atoms with Crippen LogP contribution < -0.4 is 5.73 Å². The number of aryl methyl sites for hydroxylation is 1. The van der Waals surface area contributed by atoms with Crippen LogP contribution in [-0.2, 0) is 7.05 Å². The molecule has 0 aliphatic carbocycles. The molecule has 6 heteroatoms. The fourth-order valence-corrected chi connectivity index (χ4v) is 3.29. The molecule has 0 saturated carbocycles. The molecule has 0 spiro atoms. The zero-order chi connectivity index (χ0) is 14.8. The summed E-state index contributed by atoms with van der Waals surface area (Å²) in [5.41, 5.74) is 7.50. The van der Waals surface area contributed by atoms with Crippen LogP contribution >= 0.6 is 11.3 Å². The molecule has 21 heavy (non-hydrogen) atoms. The van der Waals surface area contributed by atoms with Gasteiger partial charge in [0.1, 0.15) is 0 Å². The molecule has 2 atom stereocenters. The summed E-state index contributed by atoms with van der Waals surface area (Å²) in [7, 11) is 1.92. The highest BCUT2D eigenvalue weighted by Crippen LogP contribution is 2.30. The molecule has 0 radical (unpaired) electrons. The Labute approximate surface area is 128 Å². The van der Waals surface area contributed by atoms with E-state index in [1.165, 1.54) is 0 Å². The second-order valence-electron chi connectivity index (χ2n) is 5.10.